The highest BCUT2D eigenvalue weighted by Crippen LogP contribution is 2.33. The van der Waals surface area contributed by atoms with Crippen molar-refractivity contribution >= 4 is 50.7 Å². The third-order valence-electron chi connectivity index (χ3n) is 5.14. The third kappa shape index (κ3) is 6.46. The van der Waals surface area contributed by atoms with E-state index >= 15 is 0 Å². The lowest BCUT2D eigenvalue weighted by Crippen LogP contribution is -2.50. The number of sulfonamides is 1. The molecule has 1 unspecified atom stereocenters. The van der Waals surface area contributed by atoms with Gasteiger partial charge in [0, 0.05) is 35.3 Å². The van der Waals surface area contributed by atoms with E-state index in [-0.39, 0.29) is 12.2 Å². The van der Waals surface area contributed by atoms with Crippen LogP contribution in [0.1, 0.15) is 12.5 Å². The number of benzene rings is 2. The van der Waals surface area contributed by atoms with Gasteiger partial charge in [0.15, 0.2) is 11.5 Å². The molecule has 0 radical (unpaired) electrons. The Morgan fingerprint density at radius 1 is 1.06 bits per heavy atom. The first-order valence-electron chi connectivity index (χ1n) is 10.1. The summed E-state index contributed by atoms with van der Waals surface area (Å²) in [5, 5.41) is 3.13. The highest BCUT2D eigenvalue weighted by atomic mass is 35.5. The summed E-state index contributed by atoms with van der Waals surface area (Å²) in [4.78, 5) is 27.1. The Hall–Kier alpha value is -2.69. The number of likely N-dealkylation sites (N-methyl/N-ethyl adjacent to an activating group) is 1. The quantitative estimate of drug-likeness (QED) is 0.505. The van der Waals surface area contributed by atoms with Gasteiger partial charge in [0.2, 0.25) is 21.8 Å². The number of rotatable bonds is 10. The standard InChI is InChI=1S/C22H27Cl2N3O6S/c1-14(22(29)25-2)26(12-16-17(23)7-6-8-18(16)24)21(28)13-27(34(5,30)31)15-9-10-19(32-3)20(11-15)33-4/h6-11,14H,12-13H2,1-5H3,(H,25,29). The molecule has 9 nitrogen and oxygen atoms in total. The molecule has 2 aromatic carbocycles. The lowest BCUT2D eigenvalue weighted by atomic mass is 10.1. The molecule has 0 spiro atoms. The monoisotopic (exact) mass is 531 g/mol. The molecule has 1 atom stereocenters. The molecule has 0 heterocycles. The topological polar surface area (TPSA) is 105 Å². The van der Waals surface area contributed by atoms with Gasteiger partial charge >= 0.3 is 0 Å². The number of ether oxygens (including phenoxy) is 2. The Bertz CT molecular complexity index is 1140. The van der Waals surface area contributed by atoms with E-state index in [0.717, 1.165) is 10.6 Å². The molecule has 0 aliphatic heterocycles. The molecule has 0 aliphatic rings. The number of carbonyl (C=O) groups excluding carboxylic acids is 2. The Morgan fingerprint density at radius 2 is 1.65 bits per heavy atom. The first-order valence-corrected chi connectivity index (χ1v) is 12.7. The normalized spacial score (nSPS) is 12.0. The zero-order valence-electron chi connectivity index (χ0n) is 19.5. The van der Waals surface area contributed by atoms with Gasteiger partial charge < -0.3 is 19.7 Å². The number of nitrogens with zero attached hydrogens (tertiary/aromatic N) is 2. The molecular weight excluding hydrogens is 505 g/mol. The molecule has 0 aliphatic carbocycles. The van der Waals surface area contributed by atoms with Crippen LogP contribution in [-0.4, -0.2) is 65.2 Å². The minimum absolute atomic E-state index is 0.102. The van der Waals surface area contributed by atoms with Gasteiger partial charge in [-0.15, -0.1) is 0 Å². The van der Waals surface area contributed by atoms with E-state index in [4.69, 9.17) is 32.7 Å². The largest absolute Gasteiger partial charge is 0.493 e. The van der Waals surface area contributed by atoms with Crippen molar-refractivity contribution in [2.45, 2.75) is 19.5 Å². The second-order valence-electron chi connectivity index (χ2n) is 7.32. The summed E-state index contributed by atoms with van der Waals surface area (Å²) < 4.78 is 36.6. The molecule has 0 fully saturated rings. The molecule has 2 aromatic rings. The van der Waals surface area contributed by atoms with Crippen LogP contribution >= 0.6 is 23.2 Å². The van der Waals surface area contributed by atoms with Gasteiger partial charge in [0.1, 0.15) is 12.6 Å². The maximum absolute atomic E-state index is 13.4. The second kappa shape index (κ2) is 11.6. The van der Waals surface area contributed by atoms with E-state index in [2.05, 4.69) is 5.32 Å². The fourth-order valence-corrected chi connectivity index (χ4v) is 4.60. The van der Waals surface area contributed by atoms with E-state index in [0.29, 0.717) is 27.1 Å². The van der Waals surface area contributed by atoms with Crippen molar-refractivity contribution in [3.63, 3.8) is 0 Å². The van der Waals surface area contributed by atoms with Crippen LogP contribution in [0.3, 0.4) is 0 Å². The van der Waals surface area contributed by atoms with Gasteiger partial charge in [-0.05, 0) is 31.2 Å². The average molecular weight is 532 g/mol. The Labute approximate surface area is 209 Å². The van der Waals surface area contributed by atoms with E-state index in [1.165, 1.54) is 51.3 Å². The van der Waals surface area contributed by atoms with E-state index in [9.17, 15) is 18.0 Å². The molecule has 2 rings (SSSR count). The van der Waals surface area contributed by atoms with Crippen molar-refractivity contribution in [3.8, 4) is 11.5 Å². The van der Waals surface area contributed by atoms with Crippen LogP contribution in [0, 0.1) is 0 Å². The minimum Gasteiger partial charge on any atom is -0.493 e. The minimum atomic E-state index is -3.90. The van der Waals surface area contributed by atoms with Gasteiger partial charge in [0.25, 0.3) is 0 Å². The molecule has 1 N–H and O–H groups in total. The Morgan fingerprint density at radius 3 is 2.15 bits per heavy atom. The Balaban J connectivity index is 2.48. The van der Waals surface area contributed by atoms with Crippen LogP contribution in [-0.2, 0) is 26.2 Å². The molecular formula is C22H27Cl2N3O6S. The fourth-order valence-electron chi connectivity index (χ4n) is 3.24. The average Bonchev–Trinajstić information content (AvgIpc) is 2.80. The second-order valence-corrected chi connectivity index (χ2v) is 10.0. The number of anilines is 1. The van der Waals surface area contributed by atoms with Crippen LogP contribution in [0.5, 0.6) is 11.5 Å². The number of halogens is 2. The molecule has 0 saturated carbocycles. The summed E-state index contributed by atoms with van der Waals surface area (Å²) in [6.07, 6.45) is 0.981. The summed E-state index contributed by atoms with van der Waals surface area (Å²) in [6, 6.07) is 8.43. The van der Waals surface area contributed by atoms with Gasteiger partial charge in [-0.3, -0.25) is 13.9 Å². The highest BCUT2D eigenvalue weighted by Gasteiger charge is 2.31. The number of amides is 2. The maximum atomic E-state index is 13.4. The number of hydrogen-bond acceptors (Lipinski definition) is 6. The number of carbonyl (C=O) groups is 2. The maximum Gasteiger partial charge on any atom is 0.244 e. The van der Waals surface area contributed by atoms with Gasteiger partial charge in [-0.2, -0.15) is 0 Å². The first-order chi connectivity index (χ1) is 15.9. The molecule has 34 heavy (non-hydrogen) atoms. The van der Waals surface area contributed by atoms with Crippen LogP contribution in [0.4, 0.5) is 5.69 Å². The van der Waals surface area contributed by atoms with Crippen LogP contribution in [0.15, 0.2) is 36.4 Å². The number of nitrogens with one attached hydrogen (secondary N) is 1. The molecule has 0 saturated heterocycles. The van der Waals surface area contributed by atoms with Crippen LogP contribution < -0.4 is 19.1 Å². The Kier molecular flexibility index (Phi) is 9.43. The first kappa shape index (κ1) is 27.6. The van der Waals surface area contributed by atoms with Crippen molar-refractivity contribution < 1.29 is 27.5 Å². The third-order valence-corrected chi connectivity index (χ3v) is 6.99. The number of hydrogen-bond donors (Lipinski definition) is 1. The van der Waals surface area contributed by atoms with Crippen molar-refractivity contribution in [2.75, 3.05) is 38.4 Å². The molecule has 2 amide bonds. The van der Waals surface area contributed by atoms with Crippen molar-refractivity contribution in [1.29, 1.82) is 0 Å². The molecule has 0 aromatic heterocycles. The number of methoxy groups -OCH3 is 2. The fraction of sp³-hybridized carbons (Fsp3) is 0.364. The van der Waals surface area contributed by atoms with Crippen LogP contribution in [0.2, 0.25) is 10.0 Å². The highest BCUT2D eigenvalue weighted by molar-refractivity contribution is 7.92. The predicted molar refractivity (Wildman–Crippen MR) is 132 cm³/mol. The van der Waals surface area contributed by atoms with Gasteiger partial charge in [-0.25, -0.2) is 8.42 Å². The van der Waals surface area contributed by atoms with E-state index < -0.39 is 34.4 Å². The smallest absolute Gasteiger partial charge is 0.244 e. The predicted octanol–water partition coefficient (Wildman–Crippen LogP) is 2.94. The lowest BCUT2D eigenvalue weighted by Gasteiger charge is -2.31. The SMILES string of the molecule is CNC(=O)C(C)N(Cc1c(Cl)cccc1Cl)C(=O)CN(c1ccc(OC)c(OC)c1)S(C)(=O)=O. The summed E-state index contributed by atoms with van der Waals surface area (Å²) in [5.74, 6) is -0.380. The molecule has 0 bridgehead atoms. The van der Waals surface area contributed by atoms with Crippen molar-refractivity contribution in [1.82, 2.24) is 10.2 Å². The molecule has 186 valence electrons. The summed E-state index contributed by atoms with van der Waals surface area (Å²) >= 11 is 12.6. The zero-order valence-corrected chi connectivity index (χ0v) is 21.8. The van der Waals surface area contributed by atoms with E-state index in [1.807, 2.05) is 0 Å². The zero-order chi connectivity index (χ0) is 25.6. The van der Waals surface area contributed by atoms with E-state index in [1.54, 1.807) is 18.2 Å². The van der Waals surface area contributed by atoms with Crippen LogP contribution in [0.25, 0.3) is 0 Å². The molecule has 12 heteroatoms. The lowest BCUT2D eigenvalue weighted by molar-refractivity contribution is -0.139. The van der Waals surface area contributed by atoms with Gasteiger partial charge in [-0.1, -0.05) is 29.3 Å². The van der Waals surface area contributed by atoms with Crippen molar-refractivity contribution in [2.24, 2.45) is 0 Å². The summed E-state index contributed by atoms with van der Waals surface area (Å²) in [6.45, 7) is 0.857. The summed E-state index contributed by atoms with van der Waals surface area (Å²) in [7, 11) is 0.412. The van der Waals surface area contributed by atoms with Gasteiger partial charge in [0.05, 0.1) is 26.2 Å². The summed E-state index contributed by atoms with van der Waals surface area (Å²) in [5.41, 5.74) is 0.629. The van der Waals surface area contributed by atoms with Crippen molar-refractivity contribution in [3.05, 3.63) is 52.0 Å².